The van der Waals surface area contributed by atoms with Crippen molar-refractivity contribution >= 4 is 55.9 Å². The van der Waals surface area contributed by atoms with Gasteiger partial charge in [-0.25, -0.2) is 22.6 Å². The summed E-state index contributed by atoms with van der Waals surface area (Å²) in [5.74, 6) is -2.30. The maximum absolute atomic E-state index is 14.7. The van der Waals surface area contributed by atoms with Crippen LogP contribution in [0.25, 0.3) is 33.5 Å². The summed E-state index contributed by atoms with van der Waals surface area (Å²) >= 11 is 0. The summed E-state index contributed by atoms with van der Waals surface area (Å²) < 4.78 is 66.2. The molecule has 16 nitrogen and oxygen atoms in total. The Kier molecular flexibility index (Phi) is 11.2. The van der Waals surface area contributed by atoms with Gasteiger partial charge in [0.2, 0.25) is 27.4 Å². The molecule has 0 spiro atoms. The number of carbonyl (C=O) groups is 4. The molecule has 2 aromatic heterocycles. The molecule has 5 atom stereocenters. The molecule has 4 aromatic rings. The van der Waals surface area contributed by atoms with Gasteiger partial charge in [-0.05, 0) is 102 Å². The fraction of sp³-hybridized carbons (Fsp3) is 0.488. The standard InChI is InChI=1S/C43H49FN6O10S/c1-42(2,3)60-41(54)45-31-11-9-7-5-6-8-10-25-22-43(25,40(53)49-61(55,56)29-17-18-29)48-37(51)32-21-28(23-50(32)39(31)52)58-38-35-34(30-20-26(44)14-19-33(30)59-35)46-36(47-38)24-12-15-27(57-4)16-13-24/h8,10,12-16,19-20,25,28-29,31-32H,5-7,9,11,17-18,21-23H2,1-4H3,(H,45,54)(H,48,51)(H,49,53)/t25-,28-,31+,32+,43-/m1/s1. The van der Waals surface area contributed by atoms with E-state index >= 15 is 0 Å². The summed E-state index contributed by atoms with van der Waals surface area (Å²) in [6.45, 7) is 4.96. The number of hydrogen-bond donors (Lipinski definition) is 3. The fourth-order valence-corrected chi connectivity index (χ4v) is 9.36. The van der Waals surface area contributed by atoms with Crippen LogP contribution < -0.4 is 24.8 Å². The van der Waals surface area contributed by atoms with Crippen molar-refractivity contribution in [2.45, 2.75) is 113 Å². The average molecular weight is 861 g/mol. The Bertz CT molecular complexity index is 2520. The Balaban J connectivity index is 1.15. The minimum Gasteiger partial charge on any atom is -0.497 e. The van der Waals surface area contributed by atoms with Crippen LogP contribution in [0.2, 0.25) is 0 Å². The van der Waals surface area contributed by atoms with Crippen molar-refractivity contribution in [2.75, 3.05) is 13.7 Å². The maximum atomic E-state index is 14.7. The van der Waals surface area contributed by atoms with Gasteiger partial charge in [-0.3, -0.25) is 19.1 Å². The highest BCUT2D eigenvalue weighted by Crippen LogP contribution is 2.46. The van der Waals surface area contributed by atoms with Gasteiger partial charge >= 0.3 is 6.09 Å². The molecule has 3 N–H and O–H groups in total. The first-order valence-corrected chi connectivity index (χ1v) is 22.1. The topological polar surface area (TPSA) is 208 Å². The van der Waals surface area contributed by atoms with Gasteiger partial charge in [-0.15, -0.1) is 0 Å². The number of nitrogens with one attached hydrogen (secondary N) is 3. The molecular weight excluding hydrogens is 812 g/mol. The molecule has 18 heteroatoms. The van der Waals surface area contributed by atoms with E-state index in [0.717, 1.165) is 6.42 Å². The number of fused-ring (bicyclic) bond motifs is 5. The second kappa shape index (κ2) is 16.2. The first-order valence-electron chi connectivity index (χ1n) is 20.6. The number of ether oxygens (including phenoxy) is 3. The highest BCUT2D eigenvalue weighted by atomic mass is 32.2. The number of halogens is 1. The lowest BCUT2D eigenvalue weighted by atomic mass is 10.0. The summed E-state index contributed by atoms with van der Waals surface area (Å²) in [6, 6.07) is 8.68. The predicted octanol–water partition coefficient (Wildman–Crippen LogP) is 5.44. The van der Waals surface area contributed by atoms with Crippen molar-refractivity contribution in [1.29, 1.82) is 0 Å². The van der Waals surface area contributed by atoms with Crippen LogP contribution in [0.15, 0.2) is 59.0 Å². The summed E-state index contributed by atoms with van der Waals surface area (Å²) in [7, 11) is -2.41. The van der Waals surface area contributed by atoms with Gasteiger partial charge in [-0.2, -0.15) is 4.98 Å². The number of aromatic nitrogens is 2. The van der Waals surface area contributed by atoms with Gasteiger partial charge < -0.3 is 34.2 Å². The van der Waals surface area contributed by atoms with Crippen molar-refractivity contribution in [1.82, 2.24) is 30.2 Å². The molecule has 324 valence electrons. The Morgan fingerprint density at radius 2 is 1.80 bits per heavy atom. The number of rotatable bonds is 8. The van der Waals surface area contributed by atoms with Crippen LogP contribution in [-0.4, -0.2) is 95.3 Å². The van der Waals surface area contributed by atoms with Gasteiger partial charge in [0.15, 0.2) is 5.82 Å². The van der Waals surface area contributed by atoms with E-state index in [1.807, 2.05) is 12.2 Å². The lowest BCUT2D eigenvalue weighted by Crippen LogP contribution is -2.58. The van der Waals surface area contributed by atoms with E-state index in [4.69, 9.17) is 28.6 Å². The number of allylic oxidation sites excluding steroid dienone is 1. The third-order valence-corrected chi connectivity index (χ3v) is 13.2. The summed E-state index contributed by atoms with van der Waals surface area (Å²) in [6.07, 6.45) is 5.94. The summed E-state index contributed by atoms with van der Waals surface area (Å²) in [4.78, 5) is 67.0. The van der Waals surface area contributed by atoms with Crippen LogP contribution >= 0.6 is 0 Å². The third kappa shape index (κ3) is 8.99. The van der Waals surface area contributed by atoms with Crippen molar-refractivity contribution < 1.29 is 50.6 Å². The Labute approximate surface area is 352 Å². The minimum absolute atomic E-state index is 0.0232. The van der Waals surface area contributed by atoms with Gasteiger partial charge in [0.05, 0.1) is 18.9 Å². The van der Waals surface area contributed by atoms with Crippen LogP contribution in [0, 0.1) is 11.7 Å². The van der Waals surface area contributed by atoms with Crippen molar-refractivity contribution in [3.63, 3.8) is 0 Å². The van der Waals surface area contributed by atoms with Gasteiger partial charge in [0.1, 0.15) is 52.0 Å². The Morgan fingerprint density at radius 1 is 1.03 bits per heavy atom. The second-order valence-corrected chi connectivity index (χ2v) is 19.2. The largest absolute Gasteiger partial charge is 0.497 e. The first-order chi connectivity index (χ1) is 29.0. The second-order valence-electron chi connectivity index (χ2n) is 17.2. The van der Waals surface area contributed by atoms with Gasteiger partial charge in [-0.1, -0.05) is 25.0 Å². The Morgan fingerprint density at radius 3 is 2.52 bits per heavy atom. The van der Waals surface area contributed by atoms with E-state index < -0.39 is 80.2 Å². The van der Waals surface area contributed by atoms with Crippen molar-refractivity contribution in [2.24, 2.45) is 5.92 Å². The minimum atomic E-state index is -3.95. The lowest BCUT2D eigenvalue weighted by molar-refractivity contribution is -0.141. The molecule has 2 saturated carbocycles. The molecule has 2 aliphatic carbocycles. The molecule has 8 rings (SSSR count). The van der Waals surface area contributed by atoms with E-state index in [9.17, 15) is 32.0 Å². The molecule has 4 amide bonds. The zero-order chi connectivity index (χ0) is 43.3. The number of amides is 4. The van der Waals surface area contributed by atoms with Crippen LogP contribution in [-0.2, 0) is 29.1 Å². The van der Waals surface area contributed by atoms with Crippen molar-refractivity contribution in [3.8, 4) is 23.0 Å². The number of carbonyl (C=O) groups excluding carboxylic acids is 4. The first kappa shape index (κ1) is 41.9. The molecule has 1 saturated heterocycles. The van der Waals surface area contributed by atoms with E-state index in [0.29, 0.717) is 54.4 Å². The molecule has 0 unspecified atom stereocenters. The highest BCUT2D eigenvalue weighted by molar-refractivity contribution is 7.91. The smallest absolute Gasteiger partial charge is 0.408 e. The van der Waals surface area contributed by atoms with Gasteiger partial charge in [0.25, 0.3) is 11.8 Å². The molecule has 0 radical (unpaired) electrons. The van der Waals surface area contributed by atoms with Crippen LogP contribution in [0.4, 0.5) is 9.18 Å². The number of furan rings is 1. The van der Waals surface area contributed by atoms with E-state index in [1.54, 1.807) is 52.1 Å². The SMILES string of the molecule is COc1ccc(-c2nc(O[C@@H]3C[C@H]4C(=O)N[C@]5(C(=O)NS(=O)(=O)C6CC6)C[C@H]5C=CCCCCC[C@H](NC(=O)OC(C)(C)C)C(=O)N4C3)c3oc4ccc(F)cc4c3n2)cc1. The summed E-state index contributed by atoms with van der Waals surface area (Å²) in [5, 5.41) is 5.29. The average Bonchev–Trinajstić information content (AvgIpc) is 4.11. The van der Waals surface area contributed by atoms with E-state index in [2.05, 4.69) is 15.4 Å². The van der Waals surface area contributed by atoms with E-state index in [1.165, 1.54) is 23.1 Å². The molecular formula is C43H49FN6O10S. The zero-order valence-electron chi connectivity index (χ0n) is 34.4. The molecule has 2 aliphatic heterocycles. The van der Waals surface area contributed by atoms with Crippen LogP contribution in [0.5, 0.6) is 11.6 Å². The normalized spacial score (nSPS) is 24.8. The monoisotopic (exact) mass is 860 g/mol. The van der Waals surface area contributed by atoms with Crippen LogP contribution in [0.3, 0.4) is 0 Å². The molecule has 61 heavy (non-hydrogen) atoms. The number of methoxy groups -OCH3 is 1. The lowest BCUT2D eigenvalue weighted by Gasteiger charge is -2.30. The quantitative estimate of drug-likeness (QED) is 0.190. The molecule has 4 aliphatic rings. The number of alkyl carbamates (subject to hydrolysis) is 1. The van der Waals surface area contributed by atoms with Crippen molar-refractivity contribution in [3.05, 3.63) is 60.4 Å². The maximum Gasteiger partial charge on any atom is 0.408 e. The van der Waals surface area contributed by atoms with E-state index in [-0.39, 0.29) is 48.6 Å². The molecule has 0 bridgehead atoms. The molecule has 4 heterocycles. The zero-order valence-corrected chi connectivity index (χ0v) is 35.2. The van der Waals surface area contributed by atoms with Crippen LogP contribution in [0.1, 0.15) is 78.6 Å². The third-order valence-electron chi connectivity index (χ3n) is 11.4. The summed E-state index contributed by atoms with van der Waals surface area (Å²) in [5.41, 5.74) is -1.13. The number of hydrogen-bond acceptors (Lipinski definition) is 12. The molecule has 3 fully saturated rings. The molecule has 2 aromatic carbocycles. The highest BCUT2D eigenvalue weighted by Gasteiger charge is 2.62. The number of sulfonamides is 1. The fourth-order valence-electron chi connectivity index (χ4n) is 7.99. The van der Waals surface area contributed by atoms with Gasteiger partial charge in [0, 0.05) is 23.3 Å². The Hall–Kier alpha value is -5.78. The predicted molar refractivity (Wildman–Crippen MR) is 220 cm³/mol. The number of benzene rings is 2. The number of nitrogens with zero attached hydrogens (tertiary/aromatic N) is 3.